The number of nitrogens with zero attached hydrogens (tertiary/aromatic N) is 4. The van der Waals surface area contributed by atoms with Crippen LogP contribution in [0.15, 0.2) is 48.5 Å². The van der Waals surface area contributed by atoms with Gasteiger partial charge >= 0.3 is 5.97 Å². The molecule has 7 heteroatoms. The summed E-state index contributed by atoms with van der Waals surface area (Å²) in [5.41, 5.74) is 8.39. The molecule has 0 aliphatic heterocycles. The Morgan fingerprint density at radius 1 is 1.18 bits per heavy atom. The quantitative estimate of drug-likeness (QED) is 0.709. The molecular weight excluding hydrogens is 282 g/mol. The second-order valence-corrected chi connectivity index (χ2v) is 4.79. The van der Waals surface area contributed by atoms with E-state index in [1.807, 2.05) is 12.1 Å². The average molecular weight is 295 g/mol. The first-order valence-corrected chi connectivity index (χ1v) is 6.58. The lowest BCUT2D eigenvalue weighted by Crippen LogP contribution is -2.05. The molecule has 0 radical (unpaired) electrons. The van der Waals surface area contributed by atoms with Gasteiger partial charge in [-0.15, -0.1) is 5.10 Å². The number of aromatic carboxylic acids is 1. The number of anilines is 1. The van der Waals surface area contributed by atoms with Crippen molar-refractivity contribution in [3.63, 3.8) is 0 Å². The van der Waals surface area contributed by atoms with Crippen molar-refractivity contribution in [1.82, 2.24) is 20.2 Å². The second kappa shape index (κ2) is 5.65. The van der Waals surface area contributed by atoms with Gasteiger partial charge in [0, 0.05) is 11.3 Å². The fraction of sp³-hybridized carbons (Fsp3) is 0.0667. The van der Waals surface area contributed by atoms with Crippen LogP contribution in [0.2, 0.25) is 0 Å². The molecule has 0 bridgehead atoms. The predicted molar refractivity (Wildman–Crippen MR) is 80.2 cm³/mol. The highest BCUT2D eigenvalue weighted by atomic mass is 16.4. The number of rotatable bonds is 4. The maximum atomic E-state index is 10.9. The van der Waals surface area contributed by atoms with Crippen molar-refractivity contribution in [2.75, 3.05) is 5.73 Å². The van der Waals surface area contributed by atoms with Crippen molar-refractivity contribution < 1.29 is 9.90 Å². The standard InChI is InChI=1S/C15H13N5O2/c16-13-3-1-2-12(8-13)14-17-18-19-20(14)9-10-4-6-11(7-5-10)15(21)22/h1-8H,9,16H2,(H,21,22). The summed E-state index contributed by atoms with van der Waals surface area (Å²) in [5.74, 6) is -0.343. The van der Waals surface area contributed by atoms with E-state index in [1.54, 1.807) is 41.1 Å². The maximum Gasteiger partial charge on any atom is 0.335 e. The van der Waals surface area contributed by atoms with Crippen molar-refractivity contribution >= 4 is 11.7 Å². The normalized spacial score (nSPS) is 10.5. The molecule has 3 aromatic rings. The molecule has 22 heavy (non-hydrogen) atoms. The molecule has 0 atom stereocenters. The van der Waals surface area contributed by atoms with Gasteiger partial charge in [-0.25, -0.2) is 9.48 Å². The molecule has 3 rings (SSSR count). The smallest absolute Gasteiger partial charge is 0.335 e. The van der Waals surface area contributed by atoms with E-state index in [2.05, 4.69) is 15.5 Å². The topological polar surface area (TPSA) is 107 Å². The number of carboxylic acid groups (broad SMARTS) is 1. The summed E-state index contributed by atoms with van der Waals surface area (Å²) in [5, 5.41) is 20.6. The van der Waals surface area contributed by atoms with Crippen LogP contribution in [0.3, 0.4) is 0 Å². The first-order valence-electron chi connectivity index (χ1n) is 6.58. The molecule has 7 nitrogen and oxygen atoms in total. The van der Waals surface area contributed by atoms with Gasteiger partial charge in [-0.05, 0) is 40.3 Å². The average Bonchev–Trinajstić information content (AvgIpc) is 2.96. The van der Waals surface area contributed by atoms with E-state index in [0.717, 1.165) is 11.1 Å². The van der Waals surface area contributed by atoms with Crippen LogP contribution in [0.5, 0.6) is 0 Å². The third kappa shape index (κ3) is 2.78. The van der Waals surface area contributed by atoms with Crippen LogP contribution in [0, 0.1) is 0 Å². The molecule has 110 valence electrons. The molecule has 0 spiro atoms. The Morgan fingerprint density at radius 3 is 2.64 bits per heavy atom. The maximum absolute atomic E-state index is 10.9. The van der Waals surface area contributed by atoms with Crippen molar-refractivity contribution in [3.05, 3.63) is 59.7 Å². The molecule has 0 aliphatic rings. The fourth-order valence-corrected chi connectivity index (χ4v) is 2.12. The number of hydrogen-bond acceptors (Lipinski definition) is 5. The Hall–Kier alpha value is -3.22. The number of aromatic nitrogens is 4. The third-order valence-corrected chi connectivity index (χ3v) is 3.21. The monoisotopic (exact) mass is 295 g/mol. The van der Waals surface area contributed by atoms with E-state index in [-0.39, 0.29) is 5.56 Å². The SMILES string of the molecule is Nc1cccc(-c2nnnn2Cc2ccc(C(=O)O)cc2)c1. The van der Waals surface area contributed by atoms with Gasteiger partial charge in [0.05, 0.1) is 12.1 Å². The summed E-state index contributed by atoms with van der Waals surface area (Å²) >= 11 is 0. The zero-order chi connectivity index (χ0) is 15.5. The summed E-state index contributed by atoms with van der Waals surface area (Å²) < 4.78 is 1.64. The molecule has 0 fully saturated rings. The Labute approximate surface area is 126 Å². The highest BCUT2D eigenvalue weighted by molar-refractivity contribution is 5.87. The van der Waals surface area contributed by atoms with E-state index in [4.69, 9.17) is 10.8 Å². The van der Waals surface area contributed by atoms with E-state index < -0.39 is 5.97 Å². The summed E-state index contributed by atoms with van der Waals surface area (Å²) in [7, 11) is 0. The fourth-order valence-electron chi connectivity index (χ4n) is 2.12. The predicted octanol–water partition coefficient (Wildman–Crippen LogP) is 1.67. The minimum absolute atomic E-state index is 0.247. The molecular formula is C15H13N5O2. The van der Waals surface area contributed by atoms with Gasteiger partial charge in [0.2, 0.25) is 0 Å². The largest absolute Gasteiger partial charge is 0.478 e. The number of tetrazole rings is 1. The van der Waals surface area contributed by atoms with Crippen LogP contribution in [0.4, 0.5) is 5.69 Å². The van der Waals surface area contributed by atoms with E-state index in [9.17, 15) is 4.79 Å². The zero-order valence-corrected chi connectivity index (χ0v) is 11.5. The van der Waals surface area contributed by atoms with Gasteiger partial charge in [0.25, 0.3) is 0 Å². The van der Waals surface area contributed by atoms with Gasteiger partial charge in [-0.3, -0.25) is 0 Å². The molecule has 0 amide bonds. The van der Waals surface area contributed by atoms with Gasteiger partial charge in [-0.1, -0.05) is 24.3 Å². The van der Waals surface area contributed by atoms with Crippen molar-refractivity contribution in [2.24, 2.45) is 0 Å². The highest BCUT2D eigenvalue weighted by Crippen LogP contribution is 2.19. The number of carboxylic acids is 1. The lowest BCUT2D eigenvalue weighted by Gasteiger charge is -2.06. The molecule has 0 saturated carbocycles. The third-order valence-electron chi connectivity index (χ3n) is 3.21. The molecule has 3 N–H and O–H groups in total. The lowest BCUT2D eigenvalue weighted by molar-refractivity contribution is 0.0697. The molecule has 1 aromatic heterocycles. The Kier molecular flexibility index (Phi) is 3.53. The molecule has 1 heterocycles. The van der Waals surface area contributed by atoms with Crippen molar-refractivity contribution in [1.29, 1.82) is 0 Å². The van der Waals surface area contributed by atoms with Crippen LogP contribution in [0.25, 0.3) is 11.4 Å². The summed E-state index contributed by atoms with van der Waals surface area (Å²) in [6.45, 7) is 0.441. The van der Waals surface area contributed by atoms with Crippen molar-refractivity contribution in [2.45, 2.75) is 6.54 Å². The summed E-state index contributed by atoms with van der Waals surface area (Å²) in [6.07, 6.45) is 0. The van der Waals surface area contributed by atoms with Gasteiger partial charge in [-0.2, -0.15) is 0 Å². The van der Waals surface area contributed by atoms with E-state index in [0.29, 0.717) is 18.1 Å². The van der Waals surface area contributed by atoms with E-state index in [1.165, 1.54) is 0 Å². The van der Waals surface area contributed by atoms with Crippen LogP contribution in [-0.2, 0) is 6.54 Å². The zero-order valence-electron chi connectivity index (χ0n) is 11.5. The lowest BCUT2D eigenvalue weighted by atomic mass is 10.1. The van der Waals surface area contributed by atoms with Crippen molar-refractivity contribution in [3.8, 4) is 11.4 Å². The first-order chi connectivity index (χ1) is 10.6. The molecule has 0 saturated heterocycles. The summed E-state index contributed by atoms with van der Waals surface area (Å²) in [4.78, 5) is 10.9. The minimum atomic E-state index is -0.950. The second-order valence-electron chi connectivity index (χ2n) is 4.79. The van der Waals surface area contributed by atoms with E-state index >= 15 is 0 Å². The Morgan fingerprint density at radius 2 is 1.95 bits per heavy atom. The van der Waals surface area contributed by atoms with Crippen LogP contribution in [-0.4, -0.2) is 31.3 Å². The highest BCUT2D eigenvalue weighted by Gasteiger charge is 2.10. The number of carbonyl (C=O) groups is 1. The summed E-state index contributed by atoms with van der Waals surface area (Å²) in [6, 6.07) is 13.9. The van der Waals surface area contributed by atoms with Crippen LogP contribution in [0.1, 0.15) is 15.9 Å². The number of hydrogen-bond donors (Lipinski definition) is 2. The Balaban J connectivity index is 1.88. The number of benzene rings is 2. The van der Waals surface area contributed by atoms with Crippen LogP contribution < -0.4 is 5.73 Å². The van der Waals surface area contributed by atoms with Gasteiger partial charge in [0.1, 0.15) is 0 Å². The first kappa shape index (κ1) is 13.7. The minimum Gasteiger partial charge on any atom is -0.478 e. The number of nitrogens with two attached hydrogens (primary N) is 1. The van der Waals surface area contributed by atoms with Gasteiger partial charge in [0.15, 0.2) is 5.82 Å². The Bertz CT molecular complexity index is 811. The number of nitrogen functional groups attached to an aromatic ring is 1. The molecule has 2 aromatic carbocycles. The van der Waals surface area contributed by atoms with Crippen LogP contribution >= 0.6 is 0 Å². The van der Waals surface area contributed by atoms with Gasteiger partial charge < -0.3 is 10.8 Å². The molecule has 0 aliphatic carbocycles. The molecule has 0 unspecified atom stereocenters.